The van der Waals surface area contributed by atoms with Crippen LogP contribution in [-0.4, -0.2) is 25.9 Å². The van der Waals surface area contributed by atoms with Crippen molar-refractivity contribution in [2.75, 3.05) is 5.73 Å². The Labute approximate surface area is 98.0 Å². The normalized spacial score (nSPS) is 10.5. The smallest absolute Gasteiger partial charge is 0.257 e. The van der Waals surface area contributed by atoms with E-state index >= 15 is 0 Å². The predicted octanol–water partition coefficient (Wildman–Crippen LogP) is -0.0362. The standard InChI is InChI=1S/C10H14N6O/c1-6-8(9(11)15-14-6)10(17)12-3-7-4-13-16(2)5-7/h4-5H,3H2,1-2H3,(H,12,17)(H3,11,14,15). The van der Waals surface area contributed by atoms with Gasteiger partial charge in [0.15, 0.2) is 5.82 Å². The molecule has 17 heavy (non-hydrogen) atoms. The van der Waals surface area contributed by atoms with Crippen molar-refractivity contribution in [1.82, 2.24) is 25.3 Å². The van der Waals surface area contributed by atoms with E-state index in [-0.39, 0.29) is 11.7 Å². The summed E-state index contributed by atoms with van der Waals surface area (Å²) in [5.41, 5.74) is 7.58. The summed E-state index contributed by atoms with van der Waals surface area (Å²) >= 11 is 0. The summed E-state index contributed by atoms with van der Waals surface area (Å²) in [5.74, 6) is -0.0243. The molecule has 0 spiro atoms. The predicted molar refractivity (Wildman–Crippen MR) is 62.1 cm³/mol. The Kier molecular flexibility index (Phi) is 2.82. The van der Waals surface area contributed by atoms with Gasteiger partial charge < -0.3 is 11.1 Å². The first-order chi connectivity index (χ1) is 8.08. The maximum Gasteiger partial charge on any atom is 0.257 e. The first kappa shape index (κ1) is 11.2. The van der Waals surface area contributed by atoms with Crippen LogP contribution >= 0.6 is 0 Å². The van der Waals surface area contributed by atoms with Gasteiger partial charge in [0.2, 0.25) is 0 Å². The summed E-state index contributed by atoms with van der Waals surface area (Å²) in [4.78, 5) is 11.8. The average Bonchev–Trinajstić information content (AvgIpc) is 2.83. The number of hydrogen-bond acceptors (Lipinski definition) is 4. The lowest BCUT2D eigenvalue weighted by Gasteiger charge is -2.03. The largest absolute Gasteiger partial charge is 0.382 e. The Morgan fingerprint density at radius 2 is 2.41 bits per heavy atom. The number of nitrogen functional groups attached to an aromatic ring is 1. The minimum absolute atomic E-state index is 0.214. The van der Waals surface area contributed by atoms with Crippen LogP contribution in [0.1, 0.15) is 21.6 Å². The number of carbonyl (C=O) groups is 1. The molecule has 7 nitrogen and oxygen atoms in total. The van der Waals surface area contributed by atoms with Crippen LogP contribution in [0.25, 0.3) is 0 Å². The molecular formula is C10H14N6O. The number of nitrogens with two attached hydrogens (primary N) is 1. The Bertz CT molecular complexity index is 521. The molecule has 4 N–H and O–H groups in total. The minimum Gasteiger partial charge on any atom is -0.382 e. The molecule has 7 heteroatoms. The molecule has 2 heterocycles. The minimum atomic E-state index is -0.238. The molecule has 2 aromatic rings. The van der Waals surface area contributed by atoms with E-state index in [0.717, 1.165) is 5.56 Å². The molecule has 0 radical (unpaired) electrons. The van der Waals surface area contributed by atoms with E-state index in [1.165, 1.54) is 0 Å². The van der Waals surface area contributed by atoms with Crippen molar-refractivity contribution >= 4 is 11.7 Å². The number of nitrogens with zero attached hydrogens (tertiary/aromatic N) is 3. The van der Waals surface area contributed by atoms with Gasteiger partial charge in [-0.15, -0.1) is 0 Å². The fourth-order valence-corrected chi connectivity index (χ4v) is 1.57. The molecule has 0 aliphatic heterocycles. The quantitative estimate of drug-likeness (QED) is 0.693. The van der Waals surface area contributed by atoms with E-state index in [9.17, 15) is 4.79 Å². The van der Waals surface area contributed by atoms with Gasteiger partial charge in [-0.2, -0.15) is 10.2 Å². The summed E-state index contributed by atoms with van der Waals surface area (Å²) in [5, 5.41) is 13.2. The molecule has 0 unspecified atom stereocenters. The van der Waals surface area contributed by atoms with Crippen LogP contribution < -0.4 is 11.1 Å². The number of nitrogens with one attached hydrogen (secondary N) is 2. The monoisotopic (exact) mass is 234 g/mol. The number of rotatable bonds is 3. The Balaban J connectivity index is 2.03. The molecule has 0 bridgehead atoms. The zero-order valence-corrected chi connectivity index (χ0v) is 9.69. The van der Waals surface area contributed by atoms with Gasteiger partial charge in [-0.25, -0.2) is 0 Å². The molecule has 90 valence electrons. The third-order valence-electron chi connectivity index (χ3n) is 2.41. The van der Waals surface area contributed by atoms with E-state index in [4.69, 9.17) is 5.73 Å². The fourth-order valence-electron chi connectivity index (χ4n) is 1.57. The highest BCUT2D eigenvalue weighted by molar-refractivity contribution is 5.99. The van der Waals surface area contributed by atoms with Gasteiger partial charge in [0.1, 0.15) is 5.56 Å². The van der Waals surface area contributed by atoms with E-state index < -0.39 is 0 Å². The van der Waals surface area contributed by atoms with Crippen molar-refractivity contribution in [2.45, 2.75) is 13.5 Å². The van der Waals surface area contributed by atoms with Crippen LogP contribution in [0.2, 0.25) is 0 Å². The highest BCUT2D eigenvalue weighted by atomic mass is 16.1. The van der Waals surface area contributed by atoms with Crippen molar-refractivity contribution in [3.8, 4) is 0 Å². The van der Waals surface area contributed by atoms with Crippen LogP contribution in [0, 0.1) is 6.92 Å². The van der Waals surface area contributed by atoms with Crippen LogP contribution in [0.15, 0.2) is 12.4 Å². The fraction of sp³-hybridized carbons (Fsp3) is 0.300. The topological polar surface area (TPSA) is 102 Å². The number of hydrogen-bond donors (Lipinski definition) is 3. The van der Waals surface area contributed by atoms with Gasteiger partial charge in [0, 0.05) is 31.0 Å². The molecule has 0 aliphatic rings. The van der Waals surface area contributed by atoms with Crippen LogP contribution in [0.4, 0.5) is 5.82 Å². The zero-order chi connectivity index (χ0) is 12.4. The van der Waals surface area contributed by atoms with E-state index in [0.29, 0.717) is 17.8 Å². The maximum atomic E-state index is 11.8. The van der Waals surface area contributed by atoms with Crippen LogP contribution in [0.5, 0.6) is 0 Å². The molecule has 1 amide bonds. The van der Waals surface area contributed by atoms with Gasteiger partial charge in [-0.1, -0.05) is 0 Å². The van der Waals surface area contributed by atoms with Crippen molar-refractivity contribution in [3.63, 3.8) is 0 Å². The summed E-state index contributed by atoms with van der Waals surface area (Å²) in [6.07, 6.45) is 3.54. The number of aromatic amines is 1. The number of carbonyl (C=O) groups excluding carboxylic acids is 1. The van der Waals surface area contributed by atoms with Gasteiger partial charge in [0.25, 0.3) is 5.91 Å². The maximum absolute atomic E-state index is 11.8. The van der Waals surface area contributed by atoms with Crippen molar-refractivity contribution in [3.05, 3.63) is 29.2 Å². The molecule has 0 saturated heterocycles. The van der Waals surface area contributed by atoms with Crippen molar-refractivity contribution < 1.29 is 4.79 Å². The van der Waals surface area contributed by atoms with Gasteiger partial charge in [-0.05, 0) is 6.92 Å². The number of amides is 1. The third kappa shape index (κ3) is 2.27. The highest BCUT2D eigenvalue weighted by Gasteiger charge is 2.15. The second-order valence-electron chi connectivity index (χ2n) is 3.81. The molecule has 0 aliphatic carbocycles. The molecule has 0 aromatic carbocycles. The first-order valence-corrected chi connectivity index (χ1v) is 5.14. The lowest BCUT2D eigenvalue weighted by Crippen LogP contribution is -2.23. The molecule has 0 fully saturated rings. The Morgan fingerprint density at radius 3 is 2.94 bits per heavy atom. The number of aromatic nitrogens is 4. The Hall–Kier alpha value is -2.31. The van der Waals surface area contributed by atoms with Crippen molar-refractivity contribution in [2.24, 2.45) is 7.05 Å². The van der Waals surface area contributed by atoms with Crippen molar-refractivity contribution in [1.29, 1.82) is 0 Å². The second kappa shape index (κ2) is 4.28. The summed E-state index contributed by atoms with van der Waals surface area (Å²) < 4.78 is 1.68. The second-order valence-corrected chi connectivity index (χ2v) is 3.81. The number of anilines is 1. The van der Waals surface area contributed by atoms with Gasteiger partial charge >= 0.3 is 0 Å². The van der Waals surface area contributed by atoms with E-state index in [2.05, 4.69) is 20.6 Å². The molecule has 2 rings (SSSR count). The summed E-state index contributed by atoms with van der Waals surface area (Å²) in [7, 11) is 1.82. The lowest BCUT2D eigenvalue weighted by atomic mass is 10.2. The molecular weight excluding hydrogens is 220 g/mol. The molecule has 0 atom stereocenters. The average molecular weight is 234 g/mol. The van der Waals surface area contributed by atoms with Gasteiger partial charge in [-0.3, -0.25) is 14.6 Å². The third-order valence-corrected chi connectivity index (χ3v) is 2.41. The van der Waals surface area contributed by atoms with E-state index in [1.807, 2.05) is 13.2 Å². The summed E-state index contributed by atoms with van der Waals surface area (Å²) in [6, 6.07) is 0. The van der Waals surface area contributed by atoms with E-state index in [1.54, 1.807) is 17.8 Å². The van der Waals surface area contributed by atoms with Crippen LogP contribution in [-0.2, 0) is 13.6 Å². The SMILES string of the molecule is Cc1[nH]nc(N)c1C(=O)NCc1cnn(C)c1. The Morgan fingerprint density at radius 1 is 1.65 bits per heavy atom. The molecule has 2 aromatic heterocycles. The number of H-pyrrole nitrogens is 1. The summed E-state index contributed by atoms with van der Waals surface area (Å²) in [6.45, 7) is 2.17. The van der Waals surface area contributed by atoms with Crippen LogP contribution in [0.3, 0.4) is 0 Å². The first-order valence-electron chi connectivity index (χ1n) is 5.14. The zero-order valence-electron chi connectivity index (χ0n) is 9.69. The molecule has 0 saturated carbocycles. The lowest BCUT2D eigenvalue weighted by molar-refractivity contribution is 0.0951. The van der Waals surface area contributed by atoms with Gasteiger partial charge in [0.05, 0.1) is 6.20 Å². The highest BCUT2D eigenvalue weighted by Crippen LogP contribution is 2.11. The number of aryl methyl sites for hydroxylation is 2.